The molecule has 2 N–H and O–H groups in total. The molecule has 0 aromatic heterocycles. The van der Waals surface area contributed by atoms with Gasteiger partial charge in [-0.1, -0.05) is 31.5 Å². The van der Waals surface area contributed by atoms with Gasteiger partial charge in [-0.25, -0.2) is 13.1 Å². The van der Waals surface area contributed by atoms with Gasteiger partial charge >= 0.3 is 0 Å². The van der Waals surface area contributed by atoms with Crippen molar-refractivity contribution < 1.29 is 8.42 Å². The van der Waals surface area contributed by atoms with Gasteiger partial charge in [0.2, 0.25) is 10.0 Å². The van der Waals surface area contributed by atoms with E-state index in [2.05, 4.69) is 10.0 Å². The molecule has 0 amide bonds. The van der Waals surface area contributed by atoms with Gasteiger partial charge in [0, 0.05) is 12.6 Å². The molecular formula is C14H22Cl2N2O2S. The van der Waals surface area contributed by atoms with E-state index in [1.165, 1.54) is 0 Å². The Morgan fingerprint density at radius 3 is 2.67 bits per heavy atom. The molecule has 1 aromatic carbocycles. The van der Waals surface area contributed by atoms with Gasteiger partial charge < -0.3 is 5.32 Å². The lowest BCUT2D eigenvalue weighted by atomic mass is 10.0. The number of hydrogen-bond acceptors (Lipinski definition) is 3. The fraction of sp³-hybridized carbons (Fsp3) is 0.571. The highest BCUT2D eigenvalue weighted by Crippen LogP contribution is 2.26. The molecule has 0 unspecified atom stereocenters. The van der Waals surface area contributed by atoms with Crippen LogP contribution in [0.25, 0.3) is 0 Å². The second kappa shape index (κ2) is 7.79. The molecule has 1 fully saturated rings. The molecule has 1 saturated heterocycles. The number of hydrogen-bond donors (Lipinski definition) is 2. The summed E-state index contributed by atoms with van der Waals surface area (Å²) in [5.74, 6) is 0.262. The first-order valence-electron chi connectivity index (χ1n) is 6.92. The Kier molecular flexibility index (Phi) is 6.94. The molecule has 21 heavy (non-hydrogen) atoms. The van der Waals surface area contributed by atoms with Gasteiger partial charge in [-0.3, -0.25) is 0 Å². The van der Waals surface area contributed by atoms with Gasteiger partial charge in [0.25, 0.3) is 0 Å². The molecule has 0 spiro atoms. The maximum absolute atomic E-state index is 12.5. The number of sulfonamides is 1. The largest absolute Gasteiger partial charge is 0.315 e. The number of nitrogens with one attached hydrogen (secondary N) is 2. The van der Waals surface area contributed by atoms with E-state index in [0.29, 0.717) is 6.54 Å². The summed E-state index contributed by atoms with van der Waals surface area (Å²) in [6.45, 7) is 5.67. The molecule has 0 saturated carbocycles. The molecule has 1 aromatic rings. The predicted molar refractivity (Wildman–Crippen MR) is 89.0 cm³/mol. The summed E-state index contributed by atoms with van der Waals surface area (Å²) in [5, 5.41) is 3.46. The number of rotatable bonds is 4. The average molecular weight is 353 g/mol. The quantitative estimate of drug-likeness (QED) is 0.875. The van der Waals surface area contributed by atoms with Crippen molar-refractivity contribution in [2.45, 2.75) is 43.5 Å². The van der Waals surface area contributed by atoms with Crippen molar-refractivity contribution in [2.75, 3.05) is 13.1 Å². The van der Waals surface area contributed by atoms with Crippen LogP contribution < -0.4 is 10.0 Å². The SMILES string of the molecule is CC(C)c1ccc(Cl)c(S(=O)(=O)N[C@@H]2CCCNC2)c1.Cl. The highest BCUT2D eigenvalue weighted by atomic mass is 35.5. The molecule has 1 atom stereocenters. The van der Waals surface area contributed by atoms with Crippen molar-refractivity contribution in [1.29, 1.82) is 0 Å². The Labute approximate surface area is 138 Å². The third-order valence-corrected chi connectivity index (χ3v) is 5.53. The van der Waals surface area contributed by atoms with Gasteiger partial charge in [-0.15, -0.1) is 12.4 Å². The Bertz CT molecular complexity index is 570. The molecule has 1 heterocycles. The van der Waals surface area contributed by atoms with E-state index < -0.39 is 10.0 Å². The Morgan fingerprint density at radius 2 is 2.10 bits per heavy atom. The van der Waals surface area contributed by atoms with Gasteiger partial charge in [0.05, 0.1) is 5.02 Å². The fourth-order valence-electron chi connectivity index (χ4n) is 2.32. The monoisotopic (exact) mass is 352 g/mol. The third-order valence-electron chi connectivity index (χ3n) is 3.53. The lowest BCUT2D eigenvalue weighted by Gasteiger charge is -2.24. The second-order valence-electron chi connectivity index (χ2n) is 5.51. The normalized spacial score (nSPS) is 19.3. The summed E-state index contributed by atoms with van der Waals surface area (Å²) in [7, 11) is -3.57. The van der Waals surface area contributed by atoms with E-state index in [1.807, 2.05) is 19.9 Å². The molecule has 120 valence electrons. The van der Waals surface area contributed by atoms with Crippen LogP contribution in [0, 0.1) is 0 Å². The summed E-state index contributed by atoms with van der Waals surface area (Å²) in [4.78, 5) is 0.177. The topological polar surface area (TPSA) is 58.2 Å². The third kappa shape index (κ3) is 4.83. The summed E-state index contributed by atoms with van der Waals surface area (Å²) in [6.07, 6.45) is 1.83. The zero-order valence-corrected chi connectivity index (χ0v) is 14.6. The zero-order chi connectivity index (χ0) is 14.8. The van der Waals surface area contributed by atoms with Crippen molar-refractivity contribution in [3.63, 3.8) is 0 Å². The molecular weight excluding hydrogens is 331 g/mol. The molecule has 7 heteroatoms. The first-order chi connectivity index (χ1) is 9.40. The minimum absolute atomic E-state index is 0. The van der Waals surface area contributed by atoms with E-state index in [9.17, 15) is 8.42 Å². The summed E-state index contributed by atoms with van der Waals surface area (Å²) in [5.41, 5.74) is 0.969. The molecule has 1 aliphatic rings. The second-order valence-corrected chi connectivity index (χ2v) is 7.60. The van der Waals surface area contributed by atoms with Crippen molar-refractivity contribution in [3.05, 3.63) is 28.8 Å². The average Bonchev–Trinajstić information content (AvgIpc) is 2.39. The van der Waals surface area contributed by atoms with Crippen molar-refractivity contribution in [3.8, 4) is 0 Å². The standard InChI is InChI=1S/C14H21ClN2O2S.ClH/c1-10(2)11-5-6-13(15)14(8-11)20(18,19)17-12-4-3-7-16-9-12;/h5-6,8,10,12,16-17H,3-4,7,9H2,1-2H3;1H/t12-;/m1./s1. The van der Waals surface area contributed by atoms with Gasteiger partial charge in [-0.2, -0.15) is 0 Å². The maximum Gasteiger partial charge on any atom is 0.242 e. The number of halogens is 2. The predicted octanol–water partition coefficient (Wildman–Crippen LogP) is 2.92. The van der Waals surface area contributed by atoms with Gasteiger partial charge in [0.15, 0.2) is 0 Å². The van der Waals surface area contributed by atoms with Crippen molar-refractivity contribution in [2.24, 2.45) is 0 Å². The van der Waals surface area contributed by atoms with Crippen LogP contribution in [0.3, 0.4) is 0 Å². The highest BCUT2D eigenvalue weighted by Gasteiger charge is 2.24. The van der Waals surface area contributed by atoms with Crippen LogP contribution in [0.2, 0.25) is 5.02 Å². The maximum atomic E-state index is 12.5. The van der Waals surface area contributed by atoms with Crippen molar-refractivity contribution >= 4 is 34.0 Å². The minimum Gasteiger partial charge on any atom is -0.315 e. The van der Waals surface area contributed by atoms with E-state index in [-0.39, 0.29) is 34.3 Å². The van der Waals surface area contributed by atoms with Gasteiger partial charge in [-0.05, 0) is 43.0 Å². The molecule has 2 rings (SSSR count). The van der Waals surface area contributed by atoms with Crippen LogP contribution in [0.15, 0.2) is 23.1 Å². The minimum atomic E-state index is -3.57. The molecule has 0 radical (unpaired) electrons. The van der Waals surface area contributed by atoms with Crippen LogP contribution in [0.1, 0.15) is 38.2 Å². The molecule has 4 nitrogen and oxygen atoms in total. The first kappa shape index (κ1) is 18.7. The van der Waals surface area contributed by atoms with E-state index in [4.69, 9.17) is 11.6 Å². The number of benzene rings is 1. The van der Waals surface area contributed by atoms with Crippen LogP contribution in [0.4, 0.5) is 0 Å². The molecule has 0 bridgehead atoms. The Hall–Kier alpha value is -0.330. The zero-order valence-electron chi connectivity index (χ0n) is 12.2. The van der Waals surface area contributed by atoms with Gasteiger partial charge in [0.1, 0.15) is 4.90 Å². The lowest BCUT2D eigenvalue weighted by molar-refractivity contribution is 0.428. The summed E-state index contributed by atoms with van der Waals surface area (Å²) in [6, 6.07) is 5.14. The summed E-state index contributed by atoms with van der Waals surface area (Å²) >= 11 is 6.07. The summed E-state index contributed by atoms with van der Waals surface area (Å²) < 4.78 is 27.7. The van der Waals surface area contributed by atoms with Crippen LogP contribution in [0.5, 0.6) is 0 Å². The molecule has 1 aliphatic heterocycles. The first-order valence-corrected chi connectivity index (χ1v) is 8.79. The van der Waals surface area contributed by atoms with E-state index >= 15 is 0 Å². The molecule has 0 aliphatic carbocycles. The highest BCUT2D eigenvalue weighted by molar-refractivity contribution is 7.89. The van der Waals surface area contributed by atoms with Crippen LogP contribution in [-0.4, -0.2) is 27.5 Å². The number of piperidine rings is 1. The lowest BCUT2D eigenvalue weighted by Crippen LogP contribution is -2.45. The Balaban J connectivity index is 0.00000220. The smallest absolute Gasteiger partial charge is 0.242 e. The van der Waals surface area contributed by atoms with E-state index in [1.54, 1.807) is 12.1 Å². The van der Waals surface area contributed by atoms with Crippen LogP contribution in [-0.2, 0) is 10.0 Å². The van der Waals surface area contributed by atoms with Crippen LogP contribution >= 0.6 is 24.0 Å². The van der Waals surface area contributed by atoms with E-state index in [0.717, 1.165) is 24.9 Å². The Morgan fingerprint density at radius 1 is 1.38 bits per heavy atom. The van der Waals surface area contributed by atoms with Crippen molar-refractivity contribution in [1.82, 2.24) is 10.0 Å². The fourth-order valence-corrected chi connectivity index (χ4v) is 4.13.